The first-order valence-electron chi connectivity index (χ1n) is 8.66. The highest BCUT2D eigenvalue weighted by Crippen LogP contribution is 2.39. The van der Waals surface area contributed by atoms with Crippen LogP contribution in [0.25, 0.3) is 0 Å². The van der Waals surface area contributed by atoms with Gasteiger partial charge in [0, 0.05) is 6.04 Å². The molecule has 140 valence electrons. The molecule has 1 atom stereocenters. The smallest absolute Gasteiger partial charge is 0.265 e. The van der Waals surface area contributed by atoms with Crippen molar-refractivity contribution in [2.45, 2.75) is 51.5 Å². The fourth-order valence-corrected chi connectivity index (χ4v) is 6.00. The molecule has 0 aromatic heterocycles. The number of benzene rings is 2. The van der Waals surface area contributed by atoms with Crippen molar-refractivity contribution >= 4 is 15.7 Å². The first-order chi connectivity index (χ1) is 12.2. The molecule has 1 heterocycles. The second kappa shape index (κ2) is 6.58. The average Bonchev–Trinajstić information content (AvgIpc) is 2.57. The Kier molecular flexibility index (Phi) is 4.73. The molecule has 0 N–H and O–H groups in total. The summed E-state index contributed by atoms with van der Waals surface area (Å²) in [6, 6.07) is 5.88. The Morgan fingerprint density at radius 2 is 1.85 bits per heavy atom. The van der Waals surface area contributed by atoms with Crippen molar-refractivity contribution in [3.8, 4) is 5.75 Å². The van der Waals surface area contributed by atoms with Crippen molar-refractivity contribution in [2.24, 2.45) is 0 Å². The van der Waals surface area contributed by atoms with Gasteiger partial charge in [0.25, 0.3) is 10.0 Å². The number of rotatable bonds is 3. The van der Waals surface area contributed by atoms with E-state index in [0.717, 1.165) is 11.1 Å². The number of ether oxygens (including phenoxy) is 1. The van der Waals surface area contributed by atoms with Crippen LogP contribution >= 0.6 is 0 Å². The van der Waals surface area contributed by atoms with Gasteiger partial charge in [0.15, 0.2) is 0 Å². The third-order valence-corrected chi connectivity index (χ3v) is 7.44. The summed E-state index contributed by atoms with van der Waals surface area (Å²) in [6.45, 7) is 7.33. The van der Waals surface area contributed by atoms with Crippen LogP contribution in [-0.2, 0) is 16.4 Å². The van der Waals surface area contributed by atoms with Gasteiger partial charge < -0.3 is 4.74 Å². The van der Waals surface area contributed by atoms with Gasteiger partial charge in [-0.05, 0) is 87.1 Å². The number of aryl methyl sites for hydroxylation is 2. The quantitative estimate of drug-likeness (QED) is 0.802. The van der Waals surface area contributed by atoms with Crippen molar-refractivity contribution in [2.75, 3.05) is 11.4 Å². The molecule has 1 aliphatic rings. The van der Waals surface area contributed by atoms with Crippen molar-refractivity contribution < 1.29 is 17.5 Å². The van der Waals surface area contributed by atoms with Gasteiger partial charge in [0.2, 0.25) is 0 Å². The average molecular weight is 377 g/mol. The fourth-order valence-electron chi connectivity index (χ4n) is 3.78. The minimum absolute atomic E-state index is 0.195. The van der Waals surface area contributed by atoms with Gasteiger partial charge in [-0.3, -0.25) is 4.31 Å². The molecular weight excluding hydrogens is 353 g/mol. The summed E-state index contributed by atoms with van der Waals surface area (Å²) in [7, 11) is -2.21. The van der Waals surface area contributed by atoms with Crippen molar-refractivity contribution in [1.82, 2.24) is 0 Å². The highest BCUT2D eigenvalue weighted by molar-refractivity contribution is 7.93. The molecule has 0 spiro atoms. The van der Waals surface area contributed by atoms with Crippen LogP contribution in [0, 0.1) is 26.6 Å². The monoisotopic (exact) mass is 377 g/mol. The van der Waals surface area contributed by atoms with Crippen LogP contribution in [0.15, 0.2) is 29.2 Å². The van der Waals surface area contributed by atoms with Crippen LogP contribution in [0.4, 0.5) is 10.1 Å². The van der Waals surface area contributed by atoms with Gasteiger partial charge in [-0.2, -0.15) is 0 Å². The molecule has 2 aromatic rings. The van der Waals surface area contributed by atoms with Crippen LogP contribution in [0.2, 0.25) is 0 Å². The maximum atomic E-state index is 13.6. The molecule has 2 aromatic carbocycles. The first-order valence-corrected chi connectivity index (χ1v) is 10.1. The number of methoxy groups -OCH3 is 1. The number of hydrogen-bond donors (Lipinski definition) is 0. The molecule has 0 amide bonds. The lowest BCUT2D eigenvalue weighted by Crippen LogP contribution is -2.42. The predicted molar refractivity (Wildman–Crippen MR) is 101 cm³/mol. The SMILES string of the molecule is COc1cc(C)c(S(=O)(=O)N2c3ccc(F)cc3CCC2C)c(C)c1C. The van der Waals surface area contributed by atoms with E-state index in [1.807, 2.05) is 13.8 Å². The van der Waals surface area contributed by atoms with Gasteiger partial charge in [0.05, 0.1) is 17.7 Å². The van der Waals surface area contributed by atoms with E-state index in [0.29, 0.717) is 40.3 Å². The second-order valence-corrected chi connectivity index (χ2v) is 8.69. The van der Waals surface area contributed by atoms with E-state index >= 15 is 0 Å². The molecule has 0 fully saturated rings. The maximum Gasteiger partial charge on any atom is 0.265 e. The van der Waals surface area contributed by atoms with E-state index in [-0.39, 0.29) is 11.9 Å². The van der Waals surface area contributed by atoms with E-state index in [1.165, 1.54) is 16.4 Å². The van der Waals surface area contributed by atoms with Gasteiger partial charge >= 0.3 is 0 Å². The molecule has 1 unspecified atom stereocenters. The Hall–Kier alpha value is -2.08. The summed E-state index contributed by atoms with van der Waals surface area (Å²) in [4.78, 5) is 0.305. The molecular formula is C20H24FNO3S. The molecule has 26 heavy (non-hydrogen) atoms. The molecule has 4 nitrogen and oxygen atoms in total. The summed E-state index contributed by atoms with van der Waals surface area (Å²) < 4.78 is 47.7. The zero-order valence-electron chi connectivity index (χ0n) is 15.8. The number of sulfonamides is 1. The first kappa shape index (κ1) is 18.7. The third-order valence-electron chi connectivity index (χ3n) is 5.23. The summed E-state index contributed by atoms with van der Waals surface area (Å²) >= 11 is 0. The highest BCUT2D eigenvalue weighted by atomic mass is 32.2. The molecule has 0 radical (unpaired) electrons. The molecule has 3 rings (SSSR count). The predicted octanol–water partition coefficient (Wildman–Crippen LogP) is 4.29. The Morgan fingerprint density at radius 3 is 2.50 bits per heavy atom. The van der Waals surface area contributed by atoms with E-state index in [9.17, 15) is 12.8 Å². The van der Waals surface area contributed by atoms with Gasteiger partial charge in [0.1, 0.15) is 11.6 Å². The second-order valence-electron chi connectivity index (χ2n) is 6.94. The van der Waals surface area contributed by atoms with Crippen LogP contribution < -0.4 is 9.04 Å². The maximum absolute atomic E-state index is 13.6. The zero-order valence-corrected chi connectivity index (χ0v) is 16.6. The lowest BCUT2D eigenvalue weighted by molar-refractivity contribution is 0.410. The Bertz CT molecular complexity index is 970. The largest absolute Gasteiger partial charge is 0.496 e. The summed E-state index contributed by atoms with van der Waals surface area (Å²) in [5, 5.41) is 0. The number of fused-ring (bicyclic) bond motifs is 1. The number of halogens is 1. The lowest BCUT2D eigenvalue weighted by atomic mass is 9.99. The van der Waals surface area contributed by atoms with Gasteiger partial charge in [-0.25, -0.2) is 12.8 Å². The summed E-state index contributed by atoms with van der Waals surface area (Å²) in [5.41, 5.74) is 3.43. The van der Waals surface area contributed by atoms with Crippen molar-refractivity contribution in [1.29, 1.82) is 0 Å². The molecule has 1 aliphatic heterocycles. The minimum atomic E-state index is -3.79. The van der Waals surface area contributed by atoms with E-state index in [1.54, 1.807) is 33.1 Å². The van der Waals surface area contributed by atoms with Gasteiger partial charge in [-0.1, -0.05) is 0 Å². The lowest BCUT2D eigenvalue weighted by Gasteiger charge is -2.37. The van der Waals surface area contributed by atoms with Crippen LogP contribution in [0.5, 0.6) is 5.75 Å². The van der Waals surface area contributed by atoms with Crippen LogP contribution in [0.3, 0.4) is 0 Å². The van der Waals surface area contributed by atoms with Crippen molar-refractivity contribution in [3.05, 3.63) is 52.3 Å². The summed E-state index contributed by atoms with van der Waals surface area (Å²) in [5.74, 6) is 0.330. The normalized spacial score (nSPS) is 17.2. The minimum Gasteiger partial charge on any atom is -0.496 e. The Morgan fingerprint density at radius 1 is 1.15 bits per heavy atom. The number of nitrogens with zero attached hydrogens (tertiary/aromatic N) is 1. The molecule has 0 aliphatic carbocycles. The molecule has 0 saturated heterocycles. The molecule has 0 bridgehead atoms. The number of anilines is 1. The van der Waals surface area contributed by atoms with Crippen LogP contribution in [-0.4, -0.2) is 21.6 Å². The van der Waals surface area contributed by atoms with Crippen LogP contribution in [0.1, 0.15) is 35.6 Å². The fraction of sp³-hybridized carbons (Fsp3) is 0.400. The van der Waals surface area contributed by atoms with Crippen molar-refractivity contribution in [3.63, 3.8) is 0 Å². The third kappa shape index (κ3) is 2.86. The Labute approximate surface area is 154 Å². The Balaban J connectivity index is 2.23. The topological polar surface area (TPSA) is 46.6 Å². The highest BCUT2D eigenvalue weighted by Gasteiger charge is 2.36. The van der Waals surface area contributed by atoms with E-state index < -0.39 is 10.0 Å². The van der Waals surface area contributed by atoms with E-state index in [4.69, 9.17) is 4.74 Å². The molecule has 6 heteroatoms. The molecule has 0 saturated carbocycles. The number of hydrogen-bond acceptors (Lipinski definition) is 3. The van der Waals surface area contributed by atoms with E-state index in [2.05, 4.69) is 0 Å². The zero-order chi connectivity index (χ0) is 19.2. The summed E-state index contributed by atoms with van der Waals surface area (Å²) in [6.07, 6.45) is 1.32. The standard InChI is InChI=1S/C20H24FNO3S/c1-12-10-19(25-5)14(3)15(4)20(12)26(23,24)22-13(2)6-7-16-11-17(21)8-9-18(16)22/h8-11,13H,6-7H2,1-5H3. The van der Waals surface area contributed by atoms with Gasteiger partial charge in [-0.15, -0.1) is 0 Å².